The number of hydrogen-bond acceptors (Lipinski definition) is 4. The van der Waals surface area contributed by atoms with Crippen LogP contribution in [0.5, 0.6) is 0 Å². The summed E-state index contributed by atoms with van der Waals surface area (Å²) in [6.07, 6.45) is 4.53. The molecule has 140 valence electrons. The molecule has 0 saturated carbocycles. The molecule has 0 spiro atoms. The molecule has 5 nitrogen and oxygen atoms in total. The third kappa shape index (κ3) is 3.68. The molecule has 1 atom stereocenters. The lowest BCUT2D eigenvalue weighted by Gasteiger charge is -2.34. The summed E-state index contributed by atoms with van der Waals surface area (Å²) < 4.78 is 1.86. The molecule has 0 bridgehead atoms. The van der Waals surface area contributed by atoms with Crippen LogP contribution in [0.25, 0.3) is 11.1 Å². The van der Waals surface area contributed by atoms with Gasteiger partial charge in [-0.05, 0) is 58.8 Å². The predicted molar refractivity (Wildman–Crippen MR) is 107 cm³/mol. The maximum absolute atomic E-state index is 12.9. The number of thiophene rings is 1. The smallest absolute Gasteiger partial charge is 0.253 e. The Hall–Kier alpha value is -2.44. The number of rotatable bonds is 4. The number of piperidine rings is 1. The molecule has 2 aromatic heterocycles. The summed E-state index contributed by atoms with van der Waals surface area (Å²) in [6.45, 7) is 1.32. The van der Waals surface area contributed by atoms with Crippen LogP contribution in [0.3, 0.4) is 0 Å². The van der Waals surface area contributed by atoms with Crippen molar-refractivity contribution < 1.29 is 9.90 Å². The van der Waals surface area contributed by atoms with E-state index in [1.54, 1.807) is 17.5 Å². The number of amides is 1. The van der Waals surface area contributed by atoms with Crippen molar-refractivity contribution in [3.8, 4) is 11.1 Å². The summed E-state index contributed by atoms with van der Waals surface area (Å²) >= 11 is 1.65. The molecule has 1 aromatic carbocycles. The number of imidazole rings is 1. The molecule has 1 fully saturated rings. The number of aliphatic hydroxyl groups is 1. The largest absolute Gasteiger partial charge is 0.385 e. The first-order valence-corrected chi connectivity index (χ1v) is 10.1. The highest BCUT2D eigenvalue weighted by Crippen LogP contribution is 2.30. The number of nitrogens with zero attached hydrogens (tertiary/aromatic N) is 3. The van der Waals surface area contributed by atoms with Crippen LogP contribution in [0.15, 0.2) is 53.5 Å². The predicted octanol–water partition coefficient (Wildman–Crippen LogP) is 3.73. The summed E-state index contributed by atoms with van der Waals surface area (Å²) in [6, 6.07) is 9.90. The average molecular weight is 382 g/mol. The van der Waals surface area contributed by atoms with Crippen LogP contribution >= 0.6 is 11.3 Å². The van der Waals surface area contributed by atoms with Crippen LogP contribution in [-0.4, -0.2) is 38.6 Å². The van der Waals surface area contributed by atoms with E-state index in [1.165, 1.54) is 0 Å². The quantitative estimate of drug-likeness (QED) is 0.749. The van der Waals surface area contributed by atoms with Gasteiger partial charge in [-0.25, -0.2) is 4.98 Å². The molecule has 1 aliphatic heterocycles. The Morgan fingerprint density at radius 1 is 1.26 bits per heavy atom. The van der Waals surface area contributed by atoms with Crippen LogP contribution in [0, 0.1) is 5.92 Å². The molecule has 1 amide bonds. The Balaban J connectivity index is 1.42. The van der Waals surface area contributed by atoms with E-state index in [-0.39, 0.29) is 11.8 Å². The number of benzene rings is 1. The topological polar surface area (TPSA) is 58.4 Å². The fourth-order valence-electron chi connectivity index (χ4n) is 3.73. The van der Waals surface area contributed by atoms with Crippen molar-refractivity contribution in [3.05, 3.63) is 64.9 Å². The van der Waals surface area contributed by atoms with E-state index in [4.69, 9.17) is 0 Å². The number of carbonyl (C=O) groups excluding carboxylic acids is 1. The Morgan fingerprint density at radius 3 is 2.74 bits per heavy atom. The summed E-state index contributed by atoms with van der Waals surface area (Å²) in [7, 11) is 1.89. The summed E-state index contributed by atoms with van der Waals surface area (Å²) in [5.41, 5.74) is 2.94. The van der Waals surface area contributed by atoms with E-state index in [0.717, 1.165) is 29.5 Å². The molecule has 1 aliphatic rings. The number of carbonyl (C=O) groups is 1. The second-order valence-corrected chi connectivity index (χ2v) is 7.84. The summed E-state index contributed by atoms with van der Waals surface area (Å²) in [5.74, 6) is 0.896. The van der Waals surface area contributed by atoms with Crippen molar-refractivity contribution in [2.45, 2.75) is 18.9 Å². The van der Waals surface area contributed by atoms with Gasteiger partial charge in [-0.3, -0.25) is 4.79 Å². The minimum absolute atomic E-state index is 0.0667. The molecule has 6 heteroatoms. The van der Waals surface area contributed by atoms with Crippen LogP contribution in [0.2, 0.25) is 0 Å². The second kappa shape index (κ2) is 7.66. The lowest BCUT2D eigenvalue weighted by molar-refractivity contribution is 0.0420. The molecule has 3 heterocycles. The minimum Gasteiger partial charge on any atom is -0.385 e. The number of aryl methyl sites for hydroxylation is 1. The second-order valence-electron chi connectivity index (χ2n) is 7.06. The first kappa shape index (κ1) is 17.9. The zero-order valence-corrected chi connectivity index (χ0v) is 16.1. The number of aliphatic hydroxyl groups excluding tert-OH is 1. The van der Waals surface area contributed by atoms with Gasteiger partial charge in [-0.1, -0.05) is 12.1 Å². The van der Waals surface area contributed by atoms with Gasteiger partial charge < -0.3 is 14.6 Å². The zero-order valence-electron chi connectivity index (χ0n) is 15.3. The molecule has 0 unspecified atom stereocenters. The van der Waals surface area contributed by atoms with Crippen molar-refractivity contribution in [3.63, 3.8) is 0 Å². The molecular weight excluding hydrogens is 358 g/mol. The van der Waals surface area contributed by atoms with Crippen molar-refractivity contribution in [2.75, 3.05) is 13.1 Å². The number of hydrogen-bond donors (Lipinski definition) is 1. The fraction of sp³-hybridized carbons (Fsp3) is 0.333. The minimum atomic E-state index is -0.579. The molecule has 0 radical (unpaired) electrons. The molecule has 1 N–H and O–H groups in total. The van der Waals surface area contributed by atoms with Crippen molar-refractivity contribution >= 4 is 17.2 Å². The number of aromatic nitrogens is 2. The summed E-state index contributed by atoms with van der Waals surface area (Å²) in [5, 5.41) is 14.7. The van der Waals surface area contributed by atoms with Crippen molar-refractivity contribution in [1.29, 1.82) is 0 Å². The van der Waals surface area contributed by atoms with Gasteiger partial charge in [0.05, 0.1) is 0 Å². The Labute approximate surface area is 162 Å². The maximum atomic E-state index is 12.9. The van der Waals surface area contributed by atoms with Gasteiger partial charge in [0.15, 0.2) is 0 Å². The van der Waals surface area contributed by atoms with Gasteiger partial charge in [0, 0.05) is 38.1 Å². The lowest BCUT2D eigenvalue weighted by atomic mass is 9.90. The third-order valence-electron chi connectivity index (χ3n) is 5.36. The Bertz CT molecular complexity index is 911. The van der Waals surface area contributed by atoms with Gasteiger partial charge in [-0.2, -0.15) is 11.3 Å². The van der Waals surface area contributed by atoms with Gasteiger partial charge in [0.2, 0.25) is 0 Å². The lowest BCUT2D eigenvalue weighted by Crippen LogP contribution is -2.40. The van der Waals surface area contributed by atoms with E-state index >= 15 is 0 Å². The Morgan fingerprint density at radius 2 is 2.07 bits per heavy atom. The molecule has 1 saturated heterocycles. The highest BCUT2D eigenvalue weighted by molar-refractivity contribution is 7.08. The third-order valence-corrected chi connectivity index (χ3v) is 6.04. The standard InChI is InChI=1S/C21H23N3O2S/c1-23-11-8-22-20(23)19(25)15-5-9-24(10-6-15)21(26)17-4-2-3-16(13-17)18-7-12-27-14-18/h2-4,7-8,11-15,19,25H,5-6,9-10H2,1H3/t19-/m1/s1. The summed E-state index contributed by atoms with van der Waals surface area (Å²) in [4.78, 5) is 19.1. The highest BCUT2D eigenvalue weighted by Gasteiger charge is 2.30. The average Bonchev–Trinajstić information content (AvgIpc) is 3.39. The first-order chi connectivity index (χ1) is 13.1. The SMILES string of the molecule is Cn1ccnc1[C@H](O)C1CCN(C(=O)c2cccc(-c3ccsc3)c2)CC1. The van der Waals surface area contributed by atoms with Crippen LogP contribution < -0.4 is 0 Å². The zero-order chi connectivity index (χ0) is 18.8. The van der Waals surface area contributed by atoms with Crippen molar-refractivity contribution in [2.24, 2.45) is 13.0 Å². The van der Waals surface area contributed by atoms with E-state index < -0.39 is 6.10 Å². The molecule has 3 aromatic rings. The maximum Gasteiger partial charge on any atom is 0.253 e. The molecule has 27 heavy (non-hydrogen) atoms. The molecule has 0 aliphatic carbocycles. The van der Waals surface area contributed by atoms with Crippen LogP contribution in [0.1, 0.15) is 35.1 Å². The van der Waals surface area contributed by atoms with E-state index in [9.17, 15) is 9.90 Å². The van der Waals surface area contributed by atoms with Gasteiger partial charge in [0.25, 0.3) is 5.91 Å². The van der Waals surface area contributed by atoms with Crippen LogP contribution in [-0.2, 0) is 7.05 Å². The highest BCUT2D eigenvalue weighted by atomic mass is 32.1. The monoisotopic (exact) mass is 381 g/mol. The van der Waals surface area contributed by atoms with Gasteiger partial charge in [0.1, 0.15) is 11.9 Å². The normalized spacial score (nSPS) is 16.4. The Kier molecular flexibility index (Phi) is 5.09. The fourth-order valence-corrected chi connectivity index (χ4v) is 4.40. The van der Waals surface area contributed by atoms with E-state index in [2.05, 4.69) is 16.4 Å². The molecule has 4 rings (SSSR count). The van der Waals surface area contributed by atoms with Crippen molar-refractivity contribution in [1.82, 2.24) is 14.5 Å². The number of likely N-dealkylation sites (tertiary alicyclic amines) is 1. The van der Waals surface area contributed by atoms with E-state index in [0.29, 0.717) is 18.9 Å². The van der Waals surface area contributed by atoms with Gasteiger partial charge in [-0.15, -0.1) is 0 Å². The van der Waals surface area contributed by atoms with E-state index in [1.807, 2.05) is 52.4 Å². The van der Waals surface area contributed by atoms with Crippen LogP contribution in [0.4, 0.5) is 0 Å². The molecular formula is C21H23N3O2S. The first-order valence-electron chi connectivity index (χ1n) is 9.20. The van der Waals surface area contributed by atoms with Gasteiger partial charge >= 0.3 is 0 Å².